The highest BCUT2D eigenvalue weighted by atomic mass is 16.6. The Morgan fingerprint density at radius 2 is 1.88 bits per heavy atom. The molecule has 0 aromatic heterocycles. The number of nitro groups is 1. The Labute approximate surface area is 142 Å². The van der Waals surface area contributed by atoms with Crippen LogP contribution in [0.25, 0.3) is 6.08 Å². The summed E-state index contributed by atoms with van der Waals surface area (Å²) >= 11 is 0. The molecule has 0 spiro atoms. The number of benzene rings is 1. The molecule has 0 aliphatic carbocycles. The van der Waals surface area contributed by atoms with E-state index in [9.17, 15) is 24.5 Å². The van der Waals surface area contributed by atoms with Crippen molar-refractivity contribution in [2.45, 2.75) is 6.92 Å². The minimum Gasteiger partial charge on any atom is -0.496 e. The molecule has 10 nitrogen and oxygen atoms in total. The number of nitrogens with one attached hydrogen (secondary N) is 1. The van der Waals surface area contributed by atoms with Crippen molar-refractivity contribution in [3.05, 3.63) is 33.5 Å². The second kappa shape index (κ2) is 6.99. The number of carbonyl (C=O) groups is 3. The third-order valence-electron chi connectivity index (χ3n) is 3.48. The van der Waals surface area contributed by atoms with Gasteiger partial charge in [-0.15, -0.1) is 0 Å². The standard InChI is InChI=1S/C15H15N3O7/c1-8(19)17-7-13(20)16-10(15(17)21)6-9-11(24-2)4-5-12(25-3)14(9)18(22)23/h4-6H,7H2,1-3H3,(H,16,20)/b10-6-. The zero-order valence-corrected chi connectivity index (χ0v) is 13.7. The van der Waals surface area contributed by atoms with Crippen LogP contribution in [0.15, 0.2) is 17.8 Å². The molecule has 1 aromatic rings. The Kier molecular flexibility index (Phi) is 5.01. The fraction of sp³-hybridized carbons (Fsp3) is 0.267. The molecule has 25 heavy (non-hydrogen) atoms. The number of nitro benzene ring substituents is 1. The Bertz CT molecular complexity index is 801. The molecule has 1 N–H and O–H groups in total. The van der Waals surface area contributed by atoms with E-state index in [-0.39, 0.29) is 22.8 Å². The third kappa shape index (κ3) is 3.42. The van der Waals surface area contributed by atoms with Crippen LogP contribution in [-0.4, -0.2) is 48.3 Å². The van der Waals surface area contributed by atoms with Crippen LogP contribution in [0.5, 0.6) is 11.5 Å². The van der Waals surface area contributed by atoms with E-state index in [2.05, 4.69) is 5.32 Å². The number of rotatable bonds is 4. The van der Waals surface area contributed by atoms with Gasteiger partial charge in [0.15, 0.2) is 5.75 Å². The summed E-state index contributed by atoms with van der Waals surface area (Å²) in [6, 6.07) is 2.78. The first kappa shape index (κ1) is 17.9. The van der Waals surface area contributed by atoms with Crippen molar-refractivity contribution < 1.29 is 28.8 Å². The zero-order chi connectivity index (χ0) is 18.7. The van der Waals surface area contributed by atoms with E-state index in [1.54, 1.807) is 0 Å². The number of hydrogen-bond donors (Lipinski definition) is 1. The van der Waals surface area contributed by atoms with Crippen molar-refractivity contribution in [3.63, 3.8) is 0 Å². The van der Waals surface area contributed by atoms with Crippen molar-refractivity contribution in [1.82, 2.24) is 10.2 Å². The number of carbonyl (C=O) groups excluding carboxylic acids is 3. The smallest absolute Gasteiger partial charge is 0.321 e. The Morgan fingerprint density at radius 1 is 1.28 bits per heavy atom. The lowest BCUT2D eigenvalue weighted by molar-refractivity contribution is -0.386. The summed E-state index contributed by atoms with van der Waals surface area (Å²) in [7, 11) is 2.56. The Balaban J connectivity index is 2.66. The molecule has 1 saturated heterocycles. The fourth-order valence-corrected chi connectivity index (χ4v) is 2.34. The van der Waals surface area contributed by atoms with Crippen molar-refractivity contribution in [2.24, 2.45) is 0 Å². The highest BCUT2D eigenvalue weighted by Crippen LogP contribution is 2.38. The fourth-order valence-electron chi connectivity index (χ4n) is 2.34. The average molecular weight is 349 g/mol. The van der Waals surface area contributed by atoms with Crippen LogP contribution in [0.2, 0.25) is 0 Å². The van der Waals surface area contributed by atoms with E-state index in [1.807, 2.05) is 0 Å². The maximum atomic E-state index is 12.3. The molecule has 1 aliphatic rings. The maximum Gasteiger partial charge on any atom is 0.321 e. The lowest BCUT2D eigenvalue weighted by Gasteiger charge is -2.25. The Morgan fingerprint density at radius 3 is 2.40 bits per heavy atom. The van der Waals surface area contributed by atoms with E-state index < -0.39 is 34.9 Å². The summed E-state index contributed by atoms with van der Waals surface area (Å²) in [6.45, 7) is 0.728. The van der Waals surface area contributed by atoms with Crippen molar-refractivity contribution >= 4 is 29.5 Å². The molecule has 2 rings (SSSR count). The summed E-state index contributed by atoms with van der Waals surface area (Å²) in [5.41, 5.74) is -0.779. The van der Waals surface area contributed by atoms with E-state index in [4.69, 9.17) is 9.47 Å². The second-order valence-corrected chi connectivity index (χ2v) is 5.01. The predicted molar refractivity (Wildman–Crippen MR) is 84.7 cm³/mol. The summed E-state index contributed by atoms with van der Waals surface area (Å²) in [5, 5.41) is 13.7. The number of hydrogen-bond acceptors (Lipinski definition) is 7. The molecule has 1 aliphatic heterocycles. The van der Waals surface area contributed by atoms with Crippen LogP contribution in [-0.2, 0) is 14.4 Å². The van der Waals surface area contributed by atoms with Crippen LogP contribution in [0.4, 0.5) is 5.69 Å². The van der Waals surface area contributed by atoms with Gasteiger partial charge in [-0.25, -0.2) is 0 Å². The normalized spacial score (nSPS) is 15.8. The van der Waals surface area contributed by atoms with Gasteiger partial charge in [0, 0.05) is 6.92 Å². The van der Waals surface area contributed by atoms with Gasteiger partial charge in [0.2, 0.25) is 11.8 Å². The van der Waals surface area contributed by atoms with Crippen LogP contribution in [0, 0.1) is 10.1 Å². The molecule has 0 radical (unpaired) electrons. The molecule has 1 fully saturated rings. The van der Waals surface area contributed by atoms with Gasteiger partial charge in [0.05, 0.1) is 19.1 Å². The number of amides is 3. The van der Waals surface area contributed by atoms with Gasteiger partial charge >= 0.3 is 5.69 Å². The molecule has 0 bridgehead atoms. The minimum atomic E-state index is -0.772. The van der Waals surface area contributed by atoms with Crippen LogP contribution in [0.3, 0.4) is 0 Å². The quantitative estimate of drug-likeness (QED) is 0.475. The van der Waals surface area contributed by atoms with Gasteiger partial charge in [-0.3, -0.25) is 29.4 Å². The third-order valence-corrected chi connectivity index (χ3v) is 3.48. The molecular formula is C15H15N3O7. The number of nitrogens with zero attached hydrogens (tertiary/aromatic N) is 2. The molecule has 0 unspecified atom stereocenters. The zero-order valence-electron chi connectivity index (χ0n) is 13.7. The minimum absolute atomic E-state index is 0.0457. The maximum absolute atomic E-state index is 12.3. The van der Waals surface area contributed by atoms with Gasteiger partial charge in [-0.1, -0.05) is 0 Å². The molecule has 1 aromatic carbocycles. The van der Waals surface area contributed by atoms with Crippen LogP contribution in [0.1, 0.15) is 12.5 Å². The van der Waals surface area contributed by atoms with E-state index in [0.717, 1.165) is 17.9 Å². The van der Waals surface area contributed by atoms with Gasteiger partial charge in [0.1, 0.15) is 23.6 Å². The largest absolute Gasteiger partial charge is 0.496 e. The summed E-state index contributed by atoms with van der Waals surface area (Å²) in [5.74, 6) is -1.92. The van der Waals surface area contributed by atoms with Gasteiger partial charge in [-0.05, 0) is 18.2 Å². The lowest BCUT2D eigenvalue weighted by atomic mass is 10.1. The van der Waals surface area contributed by atoms with E-state index in [1.165, 1.54) is 26.4 Å². The number of piperazine rings is 1. The number of methoxy groups -OCH3 is 2. The van der Waals surface area contributed by atoms with Gasteiger partial charge < -0.3 is 14.8 Å². The number of ether oxygens (including phenoxy) is 2. The van der Waals surface area contributed by atoms with Crippen LogP contribution >= 0.6 is 0 Å². The lowest BCUT2D eigenvalue weighted by Crippen LogP contribution is -2.51. The molecule has 0 saturated carbocycles. The SMILES string of the molecule is COc1ccc(OC)c([N+](=O)[O-])c1/C=C1\NC(=O)CN(C(C)=O)C1=O. The first-order valence-electron chi connectivity index (χ1n) is 7.03. The van der Waals surface area contributed by atoms with Crippen molar-refractivity contribution in [2.75, 3.05) is 20.8 Å². The van der Waals surface area contributed by atoms with Crippen LogP contribution < -0.4 is 14.8 Å². The molecule has 10 heteroatoms. The molecule has 0 atom stereocenters. The summed E-state index contributed by atoms with van der Waals surface area (Å²) < 4.78 is 10.1. The first-order chi connectivity index (χ1) is 11.8. The summed E-state index contributed by atoms with van der Waals surface area (Å²) in [4.78, 5) is 47.0. The topological polar surface area (TPSA) is 128 Å². The molecule has 3 amide bonds. The first-order valence-corrected chi connectivity index (χ1v) is 7.03. The van der Waals surface area contributed by atoms with Gasteiger partial charge in [-0.2, -0.15) is 0 Å². The number of imide groups is 1. The Hall–Kier alpha value is -3.43. The monoisotopic (exact) mass is 349 g/mol. The van der Waals surface area contributed by atoms with Crippen molar-refractivity contribution in [1.29, 1.82) is 0 Å². The second-order valence-electron chi connectivity index (χ2n) is 5.01. The molecule has 132 valence electrons. The highest BCUT2D eigenvalue weighted by molar-refractivity contribution is 6.13. The summed E-state index contributed by atoms with van der Waals surface area (Å²) in [6.07, 6.45) is 1.09. The molecular weight excluding hydrogens is 334 g/mol. The van der Waals surface area contributed by atoms with E-state index in [0.29, 0.717) is 0 Å². The highest BCUT2D eigenvalue weighted by Gasteiger charge is 2.32. The molecule has 1 heterocycles. The average Bonchev–Trinajstić information content (AvgIpc) is 2.56. The van der Waals surface area contributed by atoms with Crippen molar-refractivity contribution in [3.8, 4) is 11.5 Å². The van der Waals surface area contributed by atoms with E-state index >= 15 is 0 Å². The van der Waals surface area contributed by atoms with Gasteiger partial charge in [0.25, 0.3) is 5.91 Å². The predicted octanol–water partition coefficient (Wildman–Crippen LogP) is 0.458.